The lowest BCUT2D eigenvalue weighted by Gasteiger charge is -2.37. The van der Waals surface area contributed by atoms with E-state index in [1.54, 1.807) is 0 Å². The summed E-state index contributed by atoms with van der Waals surface area (Å²) in [6.07, 6.45) is 4.89. The molecule has 4 aliphatic rings. The van der Waals surface area contributed by atoms with Gasteiger partial charge in [0.05, 0.1) is 0 Å². The zero-order valence-electron chi connectivity index (χ0n) is 15.9. The van der Waals surface area contributed by atoms with Crippen molar-refractivity contribution in [1.82, 2.24) is 9.80 Å². The van der Waals surface area contributed by atoms with Gasteiger partial charge in [-0.1, -0.05) is 18.2 Å². The molecule has 1 aromatic rings. The number of rotatable bonds is 6. The molecule has 1 aromatic carbocycles. The number of carboxylic acid groups (broad SMARTS) is 1. The first-order valence-corrected chi connectivity index (χ1v) is 10.2. The lowest BCUT2D eigenvalue weighted by molar-refractivity contribution is -0.139. The van der Waals surface area contributed by atoms with E-state index in [0.29, 0.717) is 17.8 Å². The summed E-state index contributed by atoms with van der Waals surface area (Å²) in [6, 6.07) is 9.09. The van der Waals surface area contributed by atoms with E-state index in [1.807, 2.05) is 18.2 Å². The van der Waals surface area contributed by atoms with E-state index in [9.17, 15) is 4.79 Å². The molecule has 4 saturated heterocycles. The van der Waals surface area contributed by atoms with Gasteiger partial charge in [-0.3, -0.25) is 9.80 Å². The summed E-state index contributed by atoms with van der Waals surface area (Å²) >= 11 is 0. The number of ether oxygens (including phenoxy) is 2. The van der Waals surface area contributed by atoms with Crippen LogP contribution in [0.4, 0.5) is 0 Å². The summed E-state index contributed by atoms with van der Waals surface area (Å²) in [6.45, 7) is 5.80. The molecular weight excluding hydrogens is 344 g/mol. The van der Waals surface area contributed by atoms with Gasteiger partial charge in [0, 0.05) is 57.0 Å². The highest BCUT2D eigenvalue weighted by Crippen LogP contribution is 2.32. The van der Waals surface area contributed by atoms with Crippen molar-refractivity contribution in [2.24, 2.45) is 5.92 Å². The molecule has 6 heteroatoms. The van der Waals surface area contributed by atoms with Gasteiger partial charge in [0.1, 0.15) is 5.75 Å². The number of hydrogen-bond acceptors (Lipinski definition) is 5. The van der Waals surface area contributed by atoms with E-state index in [4.69, 9.17) is 14.6 Å². The van der Waals surface area contributed by atoms with E-state index in [2.05, 4.69) is 15.9 Å². The average Bonchev–Trinajstić information content (AvgIpc) is 3.00. The first kappa shape index (κ1) is 18.7. The van der Waals surface area contributed by atoms with Crippen molar-refractivity contribution in [2.45, 2.75) is 44.3 Å². The van der Waals surface area contributed by atoms with E-state index in [0.717, 1.165) is 57.2 Å². The quantitative estimate of drug-likeness (QED) is 0.824. The number of aliphatic carboxylic acids is 1. The number of piperidine rings is 1. The van der Waals surface area contributed by atoms with Crippen LogP contribution < -0.4 is 4.74 Å². The molecular formula is C21H30N2O4. The van der Waals surface area contributed by atoms with Crippen LogP contribution in [0.1, 0.15) is 31.2 Å². The minimum atomic E-state index is -0.939. The fourth-order valence-corrected chi connectivity index (χ4v) is 4.89. The van der Waals surface area contributed by atoms with Crippen LogP contribution >= 0.6 is 0 Å². The molecule has 5 rings (SSSR count). The summed E-state index contributed by atoms with van der Waals surface area (Å²) in [5, 5.41) is 8.91. The molecule has 0 amide bonds. The predicted molar refractivity (Wildman–Crippen MR) is 102 cm³/mol. The first-order valence-electron chi connectivity index (χ1n) is 10.2. The van der Waals surface area contributed by atoms with Crippen LogP contribution in [0, 0.1) is 5.92 Å². The van der Waals surface area contributed by atoms with Gasteiger partial charge in [0.15, 0.2) is 6.61 Å². The molecule has 0 aliphatic carbocycles. The number of nitrogens with zero attached hydrogens (tertiary/aromatic N) is 2. The standard InChI is InChI=1S/C21H30N2O4/c24-21(25)15-27-20-4-2-1-3-17(20)13-22-11-16-5-6-19(22)14-23(12-16)18-7-9-26-10-8-18/h1-4,16,18-19H,5-15H2,(H,24,25)/t16-,19-/m1/s1. The molecule has 4 fully saturated rings. The number of fused-ring (bicyclic) bond motifs is 4. The second kappa shape index (κ2) is 8.59. The van der Waals surface area contributed by atoms with Crippen molar-refractivity contribution < 1.29 is 19.4 Å². The highest BCUT2D eigenvalue weighted by atomic mass is 16.5. The van der Waals surface area contributed by atoms with E-state index in [1.165, 1.54) is 19.4 Å². The highest BCUT2D eigenvalue weighted by Gasteiger charge is 2.37. The number of benzene rings is 1. The van der Waals surface area contributed by atoms with Gasteiger partial charge in [0.25, 0.3) is 0 Å². The monoisotopic (exact) mass is 374 g/mol. The Labute approximate surface area is 161 Å². The summed E-state index contributed by atoms with van der Waals surface area (Å²) in [5.74, 6) is 0.478. The third-order valence-corrected chi connectivity index (χ3v) is 6.26. The van der Waals surface area contributed by atoms with Gasteiger partial charge in [-0.05, 0) is 37.7 Å². The maximum atomic E-state index is 10.9. The Morgan fingerprint density at radius 3 is 2.70 bits per heavy atom. The molecule has 0 saturated carbocycles. The minimum absolute atomic E-state index is 0.291. The molecule has 148 valence electrons. The lowest BCUT2D eigenvalue weighted by atomic mass is 9.94. The summed E-state index contributed by atoms with van der Waals surface area (Å²) in [7, 11) is 0. The van der Waals surface area contributed by atoms with Crippen molar-refractivity contribution in [1.29, 1.82) is 0 Å². The van der Waals surface area contributed by atoms with Crippen LogP contribution in [-0.2, 0) is 16.1 Å². The van der Waals surface area contributed by atoms with Gasteiger partial charge >= 0.3 is 5.97 Å². The second-order valence-corrected chi connectivity index (χ2v) is 8.11. The van der Waals surface area contributed by atoms with Crippen LogP contribution in [0.15, 0.2) is 24.3 Å². The van der Waals surface area contributed by atoms with Crippen LogP contribution in [0.5, 0.6) is 5.75 Å². The highest BCUT2D eigenvalue weighted by molar-refractivity contribution is 5.68. The molecule has 2 atom stereocenters. The zero-order valence-corrected chi connectivity index (χ0v) is 15.9. The van der Waals surface area contributed by atoms with Crippen LogP contribution in [-0.4, -0.2) is 72.4 Å². The van der Waals surface area contributed by atoms with Crippen molar-refractivity contribution in [3.8, 4) is 5.75 Å². The lowest BCUT2D eigenvalue weighted by Crippen LogP contribution is -2.45. The molecule has 0 unspecified atom stereocenters. The number of hydrogen-bond donors (Lipinski definition) is 1. The largest absolute Gasteiger partial charge is 0.482 e. The molecule has 2 bridgehead atoms. The Balaban J connectivity index is 1.44. The Bertz CT molecular complexity index is 647. The fourth-order valence-electron chi connectivity index (χ4n) is 4.89. The summed E-state index contributed by atoms with van der Waals surface area (Å²) in [5.41, 5.74) is 1.09. The Hall–Kier alpha value is -1.63. The molecule has 0 radical (unpaired) electrons. The van der Waals surface area contributed by atoms with Crippen molar-refractivity contribution >= 4 is 5.97 Å². The van der Waals surface area contributed by atoms with E-state index < -0.39 is 5.97 Å². The molecule has 27 heavy (non-hydrogen) atoms. The van der Waals surface area contributed by atoms with Gasteiger partial charge < -0.3 is 14.6 Å². The molecule has 4 aliphatic heterocycles. The maximum Gasteiger partial charge on any atom is 0.341 e. The third kappa shape index (κ3) is 4.62. The molecule has 1 N–H and O–H groups in total. The SMILES string of the molecule is O=C(O)COc1ccccc1CN1C[C@H]2CC[C@@H]1CN(C1CCOCC1)C2. The molecule has 4 heterocycles. The molecule has 0 spiro atoms. The normalized spacial score (nSPS) is 27.4. The zero-order chi connectivity index (χ0) is 18.6. The smallest absolute Gasteiger partial charge is 0.341 e. The van der Waals surface area contributed by atoms with E-state index in [-0.39, 0.29) is 6.61 Å². The number of carbonyl (C=O) groups is 1. The fraction of sp³-hybridized carbons (Fsp3) is 0.667. The average molecular weight is 374 g/mol. The maximum absolute atomic E-state index is 10.9. The van der Waals surface area contributed by atoms with Gasteiger partial charge in [-0.2, -0.15) is 0 Å². The van der Waals surface area contributed by atoms with E-state index >= 15 is 0 Å². The summed E-state index contributed by atoms with van der Waals surface area (Å²) in [4.78, 5) is 16.2. The van der Waals surface area contributed by atoms with Crippen LogP contribution in [0.2, 0.25) is 0 Å². The van der Waals surface area contributed by atoms with Gasteiger partial charge in [-0.15, -0.1) is 0 Å². The summed E-state index contributed by atoms with van der Waals surface area (Å²) < 4.78 is 11.1. The van der Waals surface area contributed by atoms with Crippen molar-refractivity contribution in [2.75, 3.05) is 39.5 Å². The second-order valence-electron chi connectivity index (χ2n) is 8.11. The topological polar surface area (TPSA) is 62.2 Å². The molecule has 6 nitrogen and oxygen atoms in total. The minimum Gasteiger partial charge on any atom is -0.482 e. The van der Waals surface area contributed by atoms with Gasteiger partial charge in [0.2, 0.25) is 0 Å². The first-order chi connectivity index (χ1) is 13.2. The Morgan fingerprint density at radius 1 is 1.07 bits per heavy atom. The van der Waals surface area contributed by atoms with Crippen molar-refractivity contribution in [3.05, 3.63) is 29.8 Å². The number of carboxylic acids is 1. The van der Waals surface area contributed by atoms with Crippen LogP contribution in [0.3, 0.4) is 0 Å². The van der Waals surface area contributed by atoms with Crippen molar-refractivity contribution in [3.63, 3.8) is 0 Å². The Morgan fingerprint density at radius 2 is 1.89 bits per heavy atom. The third-order valence-electron chi connectivity index (χ3n) is 6.26. The van der Waals surface area contributed by atoms with Gasteiger partial charge in [-0.25, -0.2) is 4.79 Å². The Kier molecular flexibility index (Phi) is 5.95. The molecule has 0 aromatic heterocycles. The number of para-hydroxylation sites is 1. The predicted octanol–water partition coefficient (Wildman–Crippen LogP) is 2.23. The van der Waals surface area contributed by atoms with Crippen LogP contribution in [0.25, 0.3) is 0 Å².